The molecule has 1 saturated heterocycles. The van der Waals surface area contributed by atoms with E-state index in [9.17, 15) is 0 Å². The predicted molar refractivity (Wildman–Crippen MR) is 60.6 cm³/mol. The fourth-order valence-corrected chi connectivity index (χ4v) is 2.49. The normalized spacial score (nSPS) is 25.2. The van der Waals surface area contributed by atoms with E-state index in [1.54, 1.807) is 0 Å². The molecule has 1 atom stereocenters. The summed E-state index contributed by atoms with van der Waals surface area (Å²) in [6.07, 6.45) is 1.26. The van der Waals surface area contributed by atoms with Gasteiger partial charge in [0.2, 0.25) is 0 Å². The van der Waals surface area contributed by atoms with Gasteiger partial charge in [0.25, 0.3) is 0 Å². The topological polar surface area (TPSA) is 12.0 Å². The van der Waals surface area contributed by atoms with E-state index in [1.165, 1.54) is 17.5 Å². The maximum Gasteiger partial charge on any atom is 0.0194 e. The summed E-state index contributed by atoms with van der Waals surface area (Å²) >= 11 is 0. The number of benzene rings is 1. The number of aryl methyl sites for hydroxylation is 1. The molecule has 1 aromatic carbocycles. The largest absolute Gasteiger partial charge is 0.311 e. The second-order valence-corrected chi connectivity index (χ2v) is 4.90. The standard InChI is InChI=1S/C13H19N/c1-10-5-4-6-11(9-10)12-7-8-14-13(12,2)3/h4-6,9,12,14H,7-8H2,1-3H3/t12-/m1/s1. The van der Waals surface area contributed by atoms with Crippen molar-refractivity contribution in [2.75, 3.05) is 6.54 Å². The third kappa shape index (κ3) is 1.69. The SMILES string of the molecule is Cc1cccc([C@H]2CCNC2(C)C)c1. The average molecular weight is 189 g/mol. The molecule has 1 heteroatoms. The molecule has 76 valence electrons. The van der Waals surface area contributed by atoms with E-state index < -0.39 is 0 Å². The summed E-state index contributed by atoms with van der Waals surface area (Å²) in [5.41, 5.74) is 3.11. The van der Waals surface area contributed by atoms with E-state index in [4.69, 9.17) is 0 Å². The van der Waals surface area contributed by atoms with Crippen LogP contribution in [0.15, 0.2) is 24.3 Å². The molecule has 1 N–H and O–H groups in total. The van der Waals surface area contributed by atoms with Crippen LogP contribution in [0.5, 0.6) is 0 Å². The van der Waals surface area contributed by atoms with Crippen molar-refractivity contribution in [2.24, 2.45) is 0 Å². The summed E-state index contributed by atoms with van der Waals surface area (Å²) in [4.78, 5) is 0. The molecule has 1 aliphatic heterocycles. The Morgan fingerprint density at radius 1 is 1.36 bits per heavy atom. The fourth-order valence-electron chi connectivity index (χ4n) is 2.49. The maximum atomic E-state index is 3.56. The molecule has 0 aliphatic carbocycles. The van der Waals surface area contributed by atoms with Crippen molar-refractivity contribution in [1.29, 1.82) is 0 Å². The predicted octanol–water partition coefficient (Wildman–Crippen LogP) is 2.85. The van der Waals surface area contributed by atoms with Crippen LogP contribution in [0, 0.1) is 6.92 Å². The molecule has 1 aromatic rings. The summed E-state index contributed by atoms with van der Waals surface area (Å²) in [6.45, 7) is 7.91. The lowest BCUT2D eigenvalue weighted by Crippen LogP contribution is -2.36. The van der Waals surface area contributed by atoms with Gasteiger partial charge in [-0.15, -0.1) is 0 Å². The van der Waals surface area contributed by atoms with Crippen molar-refractivity contribution in [3.8, 4) is 0 Å². The smallest absolute Gasteiger partial charge is 0.0194 e. The third-order valence-corrected chi connectivity index (χ3v) is 3.33. The molecule has 1 aliphatic rings. The van der Waals surface area contributed by atoms with Gasteiger partial charge < -0.3 is 5.32 Å². The molecular formula is C13H19N. The molecule has 0 amide bonds. The Kier molecular flexibility index (Phi) is 2.36. The Hall–Kier alpha value is -0.820. The first-order valence-electron chi connectivity index (χ1n) is 5.41. The number of nitrogens with one attached hydrogen (secondary N) is 1. The first-order valence-corrected chi connectivity index (χ1v) is 5.41. The molecule has 0 saturated carbocycles. The van der Waals surface area contributed by atoms with Gasteiger partial charge in [0.15, 0.2) is 0 Å². The van der Waals surface area contributed by atoms with Crippen LogP contribution in [0.1, 0.15) is 37.3 Å². The molecule has 2 rings (SSSR count). The van der Waals surface area contributed by atoms with Crippen LogP contribution in [0.25, 0.3) is 0 Å². The summed E-state index contributed by atoms with van der Waals surface area (Å²) in [7, 11) is 0. The van der Waals surface area contributed by atoms with Crippen molar-refractivity contribution < 1.29 is 0 Å². The monoisotopic (exact) mass is 189 g/mol. The number of rotatable bonds is 1. The van der Waals surface area contributed by atoms with E-state index in [0.29, 0.717) is 5.92 Å². The first kappa shape index (κ1) is 9.72. The highest BCUT2D eigenvalue weighted by atomic mass is 15.0. The lowest BCUT2D eigenvalue weighted by Gasteiger charge is -2.27. The zero-order valence-electron chi connectivity index (χ0n) is 9.30. The molecule has 14 heavy (non-hydrogen) atoms. The molecule has 1 nitrogen and oxygen atoms in total. The van der Waals surface area contributed by atoms with Gasteiger partial charge in [-0.1, -0.05) is 29.8 Å². The summed E-state index contributed by atoms with van der Waals surface area (Å²) in [5.74, 6) is 0.669. The van der Waals surface area contributed by atoms with Crippen LogP contribution in [-0.4, -0.2) is 12.1 Å². The fraction of sp³-hybridized carbons (Fsp3) is 0.538. The maximum absolute atomic E-state index is 3.56. The molecule has 0 unspecified atom stereocenters. The van der Waals surface area contributed by atoms with Gasteiger partial charge in [-0.2, -0.15) is 0 Å². The van der Waals surface area contributed by atoms with Crippen molar-refractivity contribution in [3.63, 3.8) is 0 Å². The van der Waals surface area contributed by atoms with Crippen LogP contribution in [0.3, 0.4) is 0 Å². The van der Waals surface area contributed by atoms with Crippen molar-refractivity contribution >= 4 is 0 Å². The molecule has 0 bridgehead atoms. The van der Waals surface area contributed by atoms with Gasteiger partial charge in [-0.05, 0) is 39.3 Å². The highest BCUT2D eigenvalue weighted by Crippen LogP contribution is 2.35. The highest BCUT2D eigenvalue weighted by Gasteiger charge is 2.34. The van der Waals surface area contributed by atoms with E-state index in [2.05, 4.69) is 50.4 Å². The van der Waals surface area contributed by atoms with Gasteiger partial charge >= 0.3 is 0 Å². The minimum atomic E-state index is 0.258. The van der Waals surface area contributed by atoms with Crippen LogP contribution >= 0.6 is 0 Å². The van der Waals surface area contributed by atoms with E-state index in [1.807, 2.05) is 0 Å². The number of hydrogen-bond acceptors (Lipinski definition) is 1. The lowest BCUT2D eigenvalue weighted by molar-refractivity contribution is 0.411. The molecule has 1 heterocycles. The minimum absolute atomic E-state index is 0.258. The number of hydrogen-bond donors (Lipinski definition) is 1. The van der Waals surface area contributed by atoms with Crippen molar-refractivity contribution in [2.45, 2.75) is 38.6 Å². The molecule has 0 spiro atoms. The quantitative estimate of drug-likeness (QED) is 0.716. The molecule has 0 aromatic heterocycles. The second kappa shape index (κ2) is 3.39. The lowest BCUT2D eigenvalue weighted by atomic mass is 9.83. The zero-order valence-corrected chi connectivity index (χ0v) is 9.30. The van der Waals surface area contributed by atoms with Crippen LogP contribution in [0.4, 0.5) is 0 Å². The molecular weight excluding hydrogens is 170 g/mol. The molecule has 1 fully saturated rings. The Morgan fingerprint density at radius 3 is 2.71 bits per heavy atom. The van der Waals surface area contributed by atoms with Gasteiger partial charge in [-0.25, -0.2) is 0 Å². The zero-order chi connectivity index (χ0) is 10.2. The average Bonchev–Trinajstić information content (AvgIpc) is 2.45. The first-order chi connectivity index (χ1) is 6.59. The summed E-state index contributed by atoms with van der Waals surface area (Å²) in [5, 5.41) is 3.56. The minimum Gasteiger partial charge on any atom is -0.311 e. The van der Waals surface area contributed by atoms with Crippen molar-refractivity contribution in [3.05, 3.63) is 35.4 Å². The third-order valence-electron chi connectivity index (χ3n) is 3.33. The van der Waals surface area contributed by atoms with E-state index in [0.717, 1.165) is 6.54 Å². The van der Waals surface area contributed by atoms with Gasteiger partial charge in [0, 0.05) is 11.5 Å². The Balaban J connectivity index is 2.31. The second-order valence-electron chi connectivity index (χ2n) is 4.90. The van der Waals surface area contributed by atoms with Crippen molar-refractivity contribution in [1.82, 2.24) is 5.32 Å². The van der Waals surface area contributed by atoms with Gasteiger partial charge in [-0.3, -0.25) is 0 Å². The van der Waals surface area contributed by atoms with Gasteiger partial charge in [0.05, 0.1) is 0 Å². The van der Waals surface area contributed by atoms with Gasteiger partial charge in [0.1, 0.15) is 0 Å². The van der Waals surface area contributed by atoms with Crippen LogP contribution in [0.2, 0.25) is 0 Å². The Morgan fingerprint density at radius 2 is 2.14 bits per heavy atom. The summed E-state index contributed by atoms with van der Waals surface area (Å²) in [6, 6.07) is 8.91. The summed E-state index contributed by atoms with van der Waals surface area (Å²) < 4.78 is 0. The van der Waals surface area contributed by atoms with Crippen LogP contribution in [-0.2, 0) is 0 Å². The Bertz CT molecular complexity index is 328. The molecule has 0 radical (unpaired) electrons. The van der Waals surface area contributed by atoms with E-state index >= 15 is 0 Å². The van der Waals surface area contributed by atoms with Crippen LogP contribution < -0.4 is 5.32 Å². The highest BCUT2D eigenvalue weighted by molar-refractivity contribution is 5.29. The Labute approximate surface area is 86.5 Å². The van der Waals surface area contributed by atoms with E-state index in [-0.39, 0.29) is 5.54 Å².